The number of hydrogen-bond donors (Lipinski definition) is 0. The fraction of sp³-hybridized carbons (Fsp3) is 0.471. The molecule has 0 N–H and O–H groups in total. The van der Waals surface area contributed by atoms with E-state index in [-0.39, 0.29) is 5.63 Å². The zero-order valence-corrected chi connectivity index (χ0v) is 12.6. The highest BCUT2D eigenvalue weighted by molar-refractivity contribution is 5.82. The molecule has 0 unspecified atom stereocenters. The SMILES string of the molecule is O=c1cc(OCCCCN2CCOCC2)c2ccccc2o1. The van der Waals surface area contributed by atoms with Gasteiger partial charge in [-0.25, -0.2) is 4.79 Å². The van der Waals surface area contributed by atoms with Gasteiger partial charge in [0, 0.05) is 13.1 Å². The first-order valence-corrected chi connectivity index (χ1v) is 7.79. The van der Waals surface area contributed by atoms with Crippen molar-refractivity contribution >= 4 is 11.0 Å². The number of nitrogens with zero attached hydrogens (tertiary/aromatic N) is 1. The first kappa shape index (κ1) is 15.1. The highest BCUT2D eigenvalue weighted by Crippen LogP contribution is 2.23. The molecule has 2 heterocycles. The topological polar surface area (TPSA) is 51.9 Å². The lowest BCUT2D eigenvalue weighted by Gasteiger charge is -2.26. The summed E-state index contributed by atoms with van der Waals surface area (Å²) in [6, 6.07) is 8.86. The van der Waals surface area contributed by atoms with Crippen LogP contribution in [0.1, 0.15) is 12.8 Å². The van der Waals surface area contributed by atoms with Gasteiger partial charge in [0.25, 0.3) is 0 Å². The predicted octanol–water partition coefficient (Wildman–Crippen LogP) is 2.28. The van der Waals surface area contributed by atoms with Crippen molar-refractivity contribution in [3.8, 4) is 5.75 Å². The van der Waals surface area contributed by atoms with Crippen molar-refractivity contribution in [1.29, 1.82) is 0 Å². The van der Waals surface area contributed by atoms with E-state index in [1.54, 1.807) is 6.07 Å². The molecule has 0 radical (unpaired) electrons. The molecule has 3 rings (SSSR count). The lowest BCUT2D eigenvalue weighted by atomic mass is 10.2. The second-order valence-electron chi connectivity index (χ2n) is 5.44. The highest BCUT2D eigenvalue weighted by Gasteiger charge is 2.09. The van der Waals surface area contributed by atoms with Crippen molar-refractivity contribution in [2.75, 3.05) is 39.5 Å². The molecule has 1 aromatic carbocycles. The molecule has 5 nitrogen and oxygen atoms in total. The van der Waals surface area contributed by atoms with E-state index in [1.165, 1.54) is 6.07 Å². The van der Waals surface area contributed by atoms with Crippen molar-refractivity contribution in [2.45, 2.75) is 12.8 Å². The number of fused-ring (bicyclic) bond motifs is 1. The summed E-state index contributed by atoms with van der Waals surface area (Å²) in [4.78, 5) is 13.9. The first-order chi connectivity index (χ1) is 10.8. The number of ether oxygens (including phenoxy) is 2. The molecule has 22 heavy (non-hydrogen) atoms. The second-order valence-corrected chi connectivity index (χ2v) is 5.44. The van der Waals surface area contributed by atoms with Gasteiger partial charge in [-0.1, -0.05) is 12.1 Å². The largest absolute Gasteiger partial charge is 0.493 e. The van der Waals surface area contributed by atoms with Crippen molar-refractivity contribution in [3.63, 3.8) is 0 Å². The van der Waals surface area contributed by atoms with E-state index in [0.717, 1.165) is 51.1 Å². The maximum Gasteiger partial charge on any atom is 0.339 e. The van der Waals surface area contributed by atoms with Gasteiger partial charge >= 0.3 is 5.63 Å². The molecule has 1 fully saturated rings. The third-order valence-electron chi connectivity index (χ3n) is 3.84. The van der Waals surface area contributed by atoms with E-state index in [2.05, 4.69) is 4.90 Å². The Labute approximate surface area is 129 Å². The summed E-state index contributed by atoms with van der Waals surface area (Å²) >= 11 is 0. The summed E-state index contributed by atoms with van der Waals surface area (Å²) in [7, 11) is 0. The molecule has 118 valence electrons. The zero-order chi connectivity index (χ0) is 15.2. The predicted molar refractivity (Wildman–Crippen MR) is 84.5 cm³/mol. The smallest absolute Gasteiger partial charge is 0.339 e. The van der Waals surface area contributed by atoms with Gasteiger partial charge in [-0.2, -0.15) is 0 Å². The fourth-order valence-electron chi connectivity index (χ4n) is 2.65. The third-order valence-corrected chi connectivity index (χ3v) is 3.84. The van der Waals surface area contributed by atoms with E-state index < -0.39 is 0 Å². The van der Waals surface area contributed by atoms with Gasteiger partial charge in [0.05, 0.1) is 31.3 Å². The van der Waals surface area contributed by atoms with Crippen LogP contribution in [0.5, 0.6) is 5.75 Å². The third kappa shape index (κ3) is 3.87. The Morgan fingerprint density at radius 3 is 2.82 bits per heavy atom. The molecular weight excluding hydrogens is 282 g/mol. The number of morpholine rings is 1. The summed E-state index contributed by atoms with van der Waals surface area (Å²) in [5.74, 6) is 0.609. The minimum Gasteiger partial charge on any atom is -0.493 e. The van der Waals surface area contributed by atoms with Gasteiger partial charge in [0.1, 0.15) is 11.3 Å². The quantitative estimate of drug-likeness (QED) is 0.605. The van der Waals surface area contributed by atoms with Gasteiger partial charge in [-0.15, -0.1) is 0 Å². The monoisotopic (exact) mass is 303 g/mol. The van der Waals surface area contributed by atoms with Gasteiger partial charge in [-0.3, -0.25) is 4.90 Å². The Balaban J connectivity index is 1.50. The lowest BCUT2D eigenvalue weighted by Crippen LogP contribution is -2.36. The van der Waals surface area contributed by atoms with Gasteiger partial charge in [-0.05, 0) is 31.5 Å². The zero-order valence-electron chi connectivity index (χ0n) is 12.6. The van der Waals surface area contributed by atoms with Crippen molar-refractivity contribution in [3.05, 3.63) is 40.8 Å². The average Bonchev–Trinajstić information content (AvgIpc) is 2.55. The van der Waals surface area contributed by atoms with Gasteiger partial charge < -0.3 is 13.9 Å². The summed E-state index contributed by atoms with van der Waals surface area (Å²) in [6.07, 6.45) is 2.05. The van der Waals surface area contributed by atoms with Crippen LogP contribution in [0.25, 0.3) is 11.0 Å². The van der Waals surface area contributed by atoms with Crippen LogP contribution in [0.3, 0.4) is 0 Å². The Morgan fingerprint density at radius 2 is 1.95 bits per heavy atom. The molecule has 2 aromatic rings. The molecule has 1 aliphatic heterocycles. The van der Waals surface area contributed by atoms with Gasteiger partial charge in [0.15, 0.2) is 0 Å². The number of benzene rings is 1. The van der Waals surface area contributed by atoms with E-state index in [4.69, 9.17) is 13.9 Å². The first-order valence-electron chi connectivity index (χ1n) is 7.79. The molecular formula is C17H21NO4. The lowest BCUT2D eigenvalue weighted by molar-refractivity contribution is 0.0368. The number of unbranched alkanes of at least 4 members (excludes halogenated alkanes) is 1. The van der Waals surface area contributed by atoms with E-state index in [0.29, 0.717) is 17.9 Å². The van der Waals surface area contributed by atoms with Crippen LogP contribution in [0.4, 0.5) is 0 Å². The van der Waals surface area contributed by atoms with Crippen molar-refractivity contribution in [1.82, 2.24) is 4.90 Å². The van der Waals surface area contributed by atoms with E-state index in [1.807, 2.05) is 18.2 Å². The second kappa shape index (κ2) is 7.42. The van der Waals surface area contributed by atoms with Crippen LogP contribution < -0.4 is 10.4 Å². The van der Waals surface area contributed by atoms with Crippen LogP contribution >= 0.6 is 0 Å². The molecule has 1 saturated heterocycles. The van der Waals surface area contributed by atoms with Crippen molar-refractivity contribution < 1.29 is 13.9 Å². The summed E-state index contributed by atoms with van der Waals surface area (Å²) in [5, 5.41) is 0.843. The molecule has 0 saturated carbocycles. The average molecular weight is 303 g/mol. The minimum absolute atomic E-state index is 0.373. The molecule has 1 aromatic heterocycles. The molecule has 5 heteroatoms. The number of hydrogen-bond acceptors (Lipinski definition) is 5. The van der Waals surface area contributed by atoms with Crippen LogP contribution in [0, 0.1) is 0 Å². The molecule has 0 bridgehead atoms. The van der Waals surface area contributed by atoms with E-state index in [9.17, 15) is 4.79 Å². The Morgan fingerprint density at radius 1 is 1.14 bits per heavy atom. The van der Waals surface area contributed by atoms with Crippen molar-refractivity contribution in [2.24, 2.45) is 0 Å². The van der Waals surface area contributed by atoms with Crippen LogP contribution in [-0.2, 0) is 4.74 Å². The molecule has 0 aliphatic carbocycles. The Kier molecular flexibility index (Phi) is 5.08. The van der Waals surface area contributed by atoms with Gasteiger partial charge in [0.2, 0.25) is 0 Å². The summed E-state index contributed by atoms with van der Waals surface area (Å²) in [6.45, 7) is 5.39. The number of rotatable bonds is 6. The molecule has 0 amide bonds. The summed E-state index contributed by atoms with van der Waals surface area (Å²) in [5.41, 5.74) is 0.195. The molecule has 0 atom stereocenters. The summed E-state index contributed by atoms with van der Waals surface area (Å²) < 4.78 is 16.3. The van der Waals surface area contributed by atoms with E-state index >= 15 is 0 Å². The normalized spacial score (nSPS) is 16.0. The standard InChI is InChI=1S/C17H21NO4/c19-17-13-16(14-5-1-2-6-15(14)22-17)21-10-4-3-7-18-8-11-20-12-9-18/h1-2,5-6,13H,3-4,7-12H2. The minimum atomic E-state index is -0.373. The number of para-hydroxylation sites is 1. The fourth-order valence-corrected chi connectivity index (χ4v) is 2.65. The van der Waals surface area contributed by atoms with Crippen LogP contribution in [-0.4, -0.2) is 44.4 Å². The van der Waals surface area contributed by atoms with Crippen LogP contribution in [0.15, 0.2) is 39.5 Å². The molecule has 1 aliphatic rings. The maximum atomic E-state index is 11.5. The Bertz CT molecular complexity index is 661. The highest BCUT2D eigenvalue weighted by atomic mass is 16.5. The molecule has 0 spiro atoms. The maximum absolute atomic E-state index is 11.5. The Hall–Kier alpha value is -1.85. The van der Waals surface area contributed by atoms with Crippen LogP contribution in [0.2, 0.25) is 0 Å².